The first-order valence-corrected chi connectivity index (χ1v) is 13.2. The minimum absolute atomic E-state index is 0.287. The first-order valence-electron chi connectivity index (χ1n) is 12.4. The highest BCUT2D eigenvalue weighted by Gasteiger charge is 2.19. The monoisotopic (exact) mass is 519 g/mol. The maximum atomic E-state index is 14.9. The second-order valence-corrected chi connectivity index (χ2v) is 10.0. The number of rotatable bonds is 8. The zero-order valence-electron chi connectivity index (χ0n) is 21.3. The normalized spacial score (nSPS) is 13.6. The lowest BCUT2D eigenvalue weighted by Crippen LogP contribution is -2.36. The van der Waals surface area contributed by atoms with Gasteiger partial charge < -0.3 is 19.7 Å². The third-order valence-electron chi connectivity index (χ3n) is 6.14. The number of hydrogen-bond acceptors (Lipinski definition) is 8. The van der Waals surface area contributed by atoms with Crippen LogP contribution in [0.15, 0.2) is 48.7 Å². The Hall–Kier alpha value is -3.56. The van der Waals surface area contributed by atoms with Gasteiger partial charge in [0.1, 0.15) is 11.6 Å². The summed E-state index contributed by atoms with van der Waals surface area (Å²) in [5.41, 5.74) is 4.89. The topological polar surface area (TPSA) is 72.4 Å². The van der Waals surface area contributed by atoms with E-state index in [9.17, 15) is 4.39 Å². The van der Waals surface area contributed by atoms with Crippen molar-refractivity contribution in [3.05, 3.63) is 65.0 Å². The average molecular weight is 520 g/mol. The van der Waals surface area contributed by atoms with Gasteiger partial charge in [0.15, 0.2) is 0 Å². The fourth-order valence-electron chi connectivity index (χ4n) is 4.38. The van der Waals surface area contributed by atoms with Crippen LogP contribution in [-0.4, -0.2) is 48.4 Å². The van der Waals surface area contributed by atoms with Gasteiger partial charge in [-0.3, -0.25) is 0 Å². The van der Waals surface area contributed by atoms with Crippen LogP contribution in [0, 0.1) is 12.7 Å². The molecule has 192 valence electrons. The Morgan fingerprint density at radius 1 is 1.11 bits per heavy atom. The van der Waals surface area contributed by atoms with Crippen LogP contribution in [0.5, 0.6) is 5.75 Å². The molecule has 1 aliphatic heterocycles. The number of aromatic nitrogens is 3. The van der Waals surface area contributed by atoms with Crippen LogP contribution in [0.3, 0.4) is 0 Å². The standard InChI is InChI=1S/C28H30FN5O2S/c1-4-5-25-33-26(19-14-18(2)15-21(16-19)35-3)27(37-25)23-8-9-30-28(32-23)31-20-6-7-24(22(29)17-20)34-10-12-36-13-11-34/h6-9,14-17H,4-5,10-13H2,1-3H3,(H,30,31,32). The molecule has 0 atom stereocenters. The van der Waals surface area contributed by atoms with Gasteiger partial charge in [0.05, 0.1) is 47.3 Å². The number of methoxy groups -OCH3 is 1. The molecule has 2 aromatic carbocycles. The number of hydrogen-bond donors (Lipinski definition) is 1. The lowest BCUT2D eigenvalue weighted by atomic mass is 10.1. The molecule has 3 heterocycles. The van der Waals surface area contributed by atoms with Crippen LogP contribution < -0.4 is 15.0 Å². The molecule has 0 unspecified atom stereocenters. The van der Waals surface area contributed by atoms with Crippen molar-refractivity contribution >= 4 is 28.7 Å². The number of benzene rings is 2. The summed E-state index contributed by atoms with van der Waals surface area (Å²) < 4.78 is 25.8. The predicted molar refractivity (Wildman–Crippen MR) is 147 cm³/mol. The van der Waals surface area contributed by atoms with Crippen LogP contribution in [0.2, 0.25) is 0 Å². The predicted octanol–water partition coefficient (Wildman–Crippen LogP) is 6.26. The Kier molecular flexibility index (Phi) is 7.62. The van der Waals surface area contributed by atoms with Crippen molar-refractivity contribution in [2.24, 2.45) is 0 Å². The van der Waals surface area contributed by atoms with Crippen molar-refractivity contribution in [2.45, 2.75) is 26.7 Å². The Morgan fingerprint density at radius 2 is 1.95 bits per heavy atom. The highest BCUT2D eigenvalue weighted by Crippen LogP contribution is 2.38. The second-order valence-electron chi connectivity index (χ2n) is 8.93. The lowest BCUT2D eigenvalue weighted by molar-refractivity contribution is 0.122. The van der Waals surface area contributed by atoms with Crippen molar-refractivity contribution in [1.29, 1.82) is 0 Å². The van der Waals surface area contributed by atoms with Crippen LogP contribution in [-0.2, 0) is 11.2 Å². The molecule has 1 fully saturated rings. The number of nitrogens with one attached hydrogen (secondary N) is 1. The zero-order chi connectivity index (χ0) is 25.8. The van der Waals surface area contributed by atoms with Crippen LogP contribution >= 0.6 is 11.3 Å². The zero-order valence-corrected chi connectivity index (χ0v) is 22.1. The van der Waals surface area contributed by atoms with Crippen LogP contribution in [0.1, 0.15) is 23.9 Å². The number of nitrogens with zero attached hydrogens (tertiary/aromatic N) is 4. The molecule has 0 aliphatic carbocycles. The number of aryl methyl sites for hydroxylation is 2. The quantitative estimate of drug-likeness (QED) is 0.295. The molecule has 4 aromatic rings. The molecule has 1 saturated heterocycles. The van der Waals surface area contributed by atoms with Gasteiger partial charge in [-0.05, 0) is 67.8 Å². The van der Waals surface area contributed by atoms with E-state index in [1.165, 1.54) is 6.07 Å². The molecule has 0 amide bonds. The Balaban J connectivity index is 1.45. The maximum absolute atomic E-state index is 14.9. The highest BCUT2D eigenvalue weighted by molar-refractivity contribution is 7.15. The summed E-state index contributed by atoms with van der Waals surface area (Å²) in [4.78, 5) is 17.1. The van der Waals surface area contributed by atoms with E-state index in [-0.39, 0.29) is 5.82 Å². The molecule has 0 bridgehead atoms. The smallest absolute Gasteiger partial charge is 0.227 e. The molecule has 7 nitrogen and oxygen atoms in total. The molecule has 0 radical (unpaired) electrons. The average Bonchev–Trinajstić information content (AvgIpc) is 3.33. The summed E-state index contributed by atoms with van der Waals surface area (Å²) in [6.45, 7) is 6.76. The molecular formula is C28H30FN5O2S. The summed E-state index contributed by atoms with van der Waals surface area (Å²) >= 11 is 1.64. The van der Waals surface area contributed by atoms with Crippen molar-refractivity contribution < 1.29 is 13.9 Å². The van der Waals surface area contributed by atoms with Gasteiger partial charge in [-0.2, -0.15) is 0 Å². The fraction of sp³-hybridized carbons (Fsp3) is 0.321. The van der Waals surface area contributed by atoms with Crippen LogP contribution in [0.25, 0.3) is 21.8 Å². The van der Waals surface area contributed by atoms with E-state index < -0.39 is 0 Å². The largest absolute Gasteiger partial charge is 0.497 e. The van der Waals surface area contributed by atoms with E-state index in [0.29, 0.717) is 43.6 Å². The maximum Gasteiger partial charge on any atom is 0.227 e. The van der Waals surface area contributed by atoms with Gasteiger partial charge in [0, 0.05) is 30.5 Å². The van der Waals surface area contributed by atoms with Crippen LogP contribution in [0.4, 0.5) is 21.7 Å². The number of morpholine rings is 1. The second kappa shape index (κ2) is 11.2. The molecule has 9 heteroatoms. The van der Waals surface area contributed by atoms with Gasteiger partial charge in [-0.25, -0.2) is 19.3 Å². The van der Waals surface area contributed by atoms with E-state index >= 15 is 0 Å². The van der Waals surface area contributed by atoms with Crippen molar-refractivity contribution in [3.63, 3.8) is 0 Å². The lowest BCUT2D eigenvalue weighted by Gasteiger charge is -2.29. The van der Waals surface area contributed by atoms with Gasteiger partial charge in [-0.15, -0.1) is 11.3 Å². The Morgan fingerprint density at radius 3 is 2.70 bits per heavy atom. The van der Waals surface area contributed by atoms with E-state index in [2.05, 4.69) is 23.3 Å². The fourth-order valence-corrected chi connectivity index (χ4v) is 5.53. The van der Waals surface area contributed by atoms with Gasteiger partial charge >= 0.3 is 0 Å². The first kappa shape index (κ1) is 25.1. The summed E-state index contributed by atoms with van der Waals surface area (Å²) in [6.07, 6.45) is 3.61. The SMILES string of the molecule is CCCc1nc(-c2cc(C)cc(OC)c2)c(-c2ccnc(Nc3ccc(N4CCOCC4)c(F)c3)n2)s1. The van der Waals surface area contributed by atoms with E-state index in [1.54, 1.807) is 30.7 Å². The van der Waals surface area contributed by atoms with Gasteiger partial charge in [0.2, 0.25) is 5.95 Å². The van der Waals surface area contributed by atoms with Crippen molar-refractivity contribution in [1.82, 2.24) is 15.0 Å². The van der Waals surface area contributed by atoms with E-state index in [1.807, 2.05) is 36.1 Å². The third kappa shape index (κ3) is 5.73. The number of anilines is 3. The molecule has 0 spiro atoms. The Bertz CT molecular complexity index is 1390. The molecule has 1 N–H and O–H groups in total. The van der Waals surface area contributed by atoms with Gasteiger partial charge in [0.25, 0.3) is 0 Å². The van der Waals surface area contributed by atoms with Gasteiger partial charge in [-0.1, -0.05) is 6.92 Å². The Labute approximate surface area is 220 Å². The highest BCUT2D eigenvalue weighted by atomic mass is 32.1. The molecule has 37 heavy (non-hydrogen) atoms. The van der Waals surface area contributed by atoms with E-state index in [4.69, 9.17) is 19.4 Å². The molecular weight excluding hydrogens is 489 g/mol. The minimum atomic E-state index is -0.287. The summed E-state index contributed by atoms with van der Waals surface area (Å²) in [7, 11) is 1.67. The summed E-state index contributed by atoms with van der Waals surface area (Å²) in [5, 5.41) is 4.22. The number of thiazole rings is 1. The number of ether oxygens (including phenoxy) is 2. The molecule has 1 aliphatic rings. The minimum Gasteiger partial charge on any atom is -0.497 e. The summed E-state index contributed by atoms with van der Waals surface area (Å²) in [6, 6.07) is 13.1. The first-order chi connectivity index (χ1) is 18.0. The molecule has 5 rings (SSSR count). The van der Waals surface area contributed by atoms with Crippen molar-refractivity contribution in [2.75, 3.05) is 43.6 Å². The van der Waals surface area contributed by atoms with Crippen molar-refractivity contribution in [3.8, 4) is 27.6 Å². The number of halogens is 1. The molecule has 2 aromatic heterocycles. The summed E-state index contributed by atoms with van der Waals surface area (Å²) in [5.74, 6) is 0.901. The molecule has 0 saturated carbocycles. The third-order valence-corrected chi connectivity index (χ3v) is 7.28. The van der Waals surface area contributed by atoms with E-state index in [0.717, 1.165) is 51.0 Å².